The summed E-state index contributed by atoms with van der Waals surface area (Å²) in [5, 5.41) is 3.27. The van der Waals surface area contributed by atoms with Crippen molar-refractivity contribution in [2.75, 3.05) is 19.7 Å². The van der Waals surface area contributed by atoms with E-state index < -0.39 is 0 Å². The van der Waals surface area contributed by atoms with Gasteiger partial charge in [-0.15, -0.1) is 0 Å². The summed E-state index contributed by atoms with van der Waals surface area (Å²) >= 11 is 0. The lowest BCUT2D eigenvalue weighted by Crippen LogP contribution is -2.21. The minimum Gasteiger partial charge on any atom is -0.463 e. The number of hydrogen-bond acceptors (Lipinski definition) is 3. The molecule has 1 N–H and O–H groups in total. The number of esters is 1. The zero-order valence-electron chi connectivity index (χ0n) is 8.14. The fourth-order valence-electron chi connectivity index (χ4n) is 1.36. The molecule has 3 heteroatoms. The van der Waals surface area contributed by atoms with Gasteiger partial charge in [-0.3, -0.25) is 0 Å². The molecule has 0 bridgehead atoms. The Labute approximate surface area is 79.2 Å². The van der Waals surface area contributed by atoms with Crippen LogP contribution in [0.1, 0.15) is 26.2 Å². The molecule has 13 heavy (non-hydrogen) atoms. The average molecular weight is 183 g/mol. The van der Waals surface area contributed by atoms with Gasteiger partial charge in [0.2, 0.25) is 0 Å². The van der Waals surface area contributed by atoms with Crippen LogP contribution in [0.15, 0.2) is 11.6 Å². The highest BCUT2D eigenvalue weighted by Crippen LogP contribution is 2.08. The summed E-state index contributed by atoms with van der Waals surface area (Å²) < 4.78 is 4.94. The molecule has 0 saturated carbocycles. The molecule has 0 unspecified atom stereocenters. The molecule has 1 aliphatic heterocycles. The van der Waals surface area contributed by atoms with Crippen molar-refractivity contribution in [2.24, 2.45) is 0 Å². The van der Waals surface area contributed by atoms with E-state index in [0.717, 1.165) is 37.9 Å². The first-order valence-electron chi connectivity index (χ1n) is 4.91. The lowest BCUT2D eigenvalue weighted by Gasteiger charge is -2.11. The Bertz CT molecular complexity index is 199. The summed E-state index contributed by atoms with van der Waals surface area (Å²) in [5.41, 5.74) is 0.828. The number of allylic oxidation sites excluding steroid dienone is 1. The van der Waals surface area contributed by atoms with E-state index in [9.17, 15) is 4.79 Å². The maximum Gasteiger partial charge on any atom is 0.333 e. The molecule has 0 spiro atoms. The maximum absolute atomic E-state index is 11.3. The van der Waals surface area contributed by atoms with Gasteiger partial charge < -0.3 is 10.1 Å². The largest absolute Gasteiger partial charge is 0.463 e. The Hall–Kier alpha value is -0.830. The van der Waals surface area contributed by atoms with E-state index in [1.54, 1.807) is 0 Å². The molecule has 0 amide bonds. The molecule has 0 aromatic carbocycles. The summed E-state index contributed by atoms with van der Waals surface area (Å²) in [6.07, 6.45) is 4.88. The number of carbonyl (C=O) groups is 1. The normalized spacial score (nSPS) is 22.4. The zero-order chi connectivity index (χ0) is 9.52. The van der Waals surface area contributed by atoms with Crippen LogP contribution in [0.4, 0.5) is 0 Å². The highest BCUT2D eigenvalue weighted by Gasteiger charge is 2.10. The molecule has 0 aromatic rings. The summed E-state index contributed by atoms with van der Waals surface area (Å²) in [5.74, 6) is -0.147. The quantitative estimate of drug-likeness (QED) is 0.655. The molecule has 1 rings (SSSR count). The molecule has 1 heterocycles. The number of rotatable bonds is 2. The van der Waals surface area contributed by atoms with E-state index >= 15 is 0 Å². The van der Waals surface area contributed by atoms with Crippen LogP contribution in [0.3, 0.4) is 0 Å². The van der Waals surface area contributed by atoms with Crippen LogP contribution in [-0.2, 0) is 9.53 Å². The Morgan fingerprint density at radius 3 is 3.23 bits per heavy atom. The molecule has 0 aromatic heterocycles. The molecule has 0 atom stereocenters. The summed E-state index contributed by atoms with van der Waals surface area (Å²) in [4.78, 5) is 11.3. The first-order valence-corrected chi connectivity index (χ1v) is 4.91. The van der Waals surface area contributed by atoms with E-state index in [-0.39, 0.29) is 5.97 Å². The van der Waals surface area contributed by atoms with Crippen LogP contribution in [-0.4, -0.2) is 25.7 Å². The fraction of sp³-hybridized carbons (Fsp3) is 0.700. The van der Waals surface area contributed by atoms with Crippen LogP contribution in [0.2, 0.25) is 0 Å². The Balaban J connectivity index is 2.48. The molecule has 0 fully saturated rings. The van der Waals surface area contributed by atoms with Crippen molar-refractivity contribution in [1.82, 2.24) is 5.32 Å². The predicted molar refractivity (Wildman–Crippen MR) is 51.4 cm³/mol. The van der Waals surface area contributed by atoms with Gasteiger partial charge in [-0.05, 0) is 39.3 Å². The number of carbonyl (C=O) groups excluding carboxylic acids is 1. The van der Waals surface area contributed by atoms with E-state index in [2.05, 4.69) is 5.32 Å². The number of hydrogen-bond donors (Lipinski definition) is 1. The minimum atomic E-state index is -0.147. The minimum absolute atomic E-state index is 0.147. The van der Waals surface area contributed by atoms with E-state index in [0.29, 0.717) is 6.61 Å². The fourth-order valence-corrected chi connectivity index (χ4v) is 1.36. The van der Waals surface area contributed by atoms with Crippen molar-refractivity contribution in [2.45, 2.75) is 26.2 Å². The Morgan fingerprint density at radius 2 is 2.46 bits per heavy atom. The summed E-state index contributed by atoms with van der Waals surface area (Å²) in [6.45, 7) is 4.22. The molecule has 0 radical (unpaired) electrons. The third kappa shape index (κ3) is 3.59. The topological polar surface area (TPSA) is 38.3 Å². The van der Waals surface area contributed by atoms with Crippen molar-refractivity contribution in [3.63, 3.8) is 0 Å². The van der Waals surface area contributed by atoms with Crippen molar-refractivity contribution in [3.8, 4) is 0 Å². The molecule has 74 valence electrons. The molecule has 3 nitrogen and oxygen atoms in total. The van der Waals surface area contributed by atoms with Crippen molar-refractivity contribution in [3.05, 3.63) is 11.6 Å². The van der Waals surface area contributed by atoms with Gasteiger partial charge in [0.25, 0.3) is 0 Å². The molecular formula is C10H17NO2. The standard InChI is InChI=1S/C10H17NO2/c1-2-13-10(12)9-5-3-4-7-11-8-6-9/h5,11H,2-4,6-8H2,1H3/b9-5+. The summed E-state index contributed by atoms with van der Waals surface area (Å²) in [6, 6.07) is 0. The lowest BCUT2D eigenvalue weighted by molar-refractivity contribution is -0.138. The smallest absolute Gasteiger partial charge is 0.333 e. The van der Waals surface area contributed by atoms with Crippen LogP contribution in [0.5, 0.6) is 0 Å². The van der Waals surface area contributed by atoms with Crippen LogP contribution in [0, 0.1) is 0 Å². The van der Waals surface area contributed by atoms with Crippen LogP contribution < -0.4 is 5.32 Å². The first-order chi connectivity index (χ1) is 6.34. The van der Waals surface area contributed by atoms with Crippen LogP contribution in [0.25, 0.3) is 0 Å². The van der Waals surface area contributed by atoms with Gasteiger partial charge >= 0.3 is 5.97 Å². The third-order valence-electron chi connectivity index (χ3n) is 2.06. The molecule has 0 aliphatic carbocycles. The third-order valence-corrected chi connectivity index (χ3v) is 2.06. The first kappa shape index (κ1) is 10.3. The predicted octanol–water partition coefficient (Wildman–Crippen LogP) is 1.25. The van der Waals surface area contributed by atoms with Crippen LogP contribution >= 0.6 is 0 Å². The van der Waals surface area contributed by atoms with E-state index in [1.807, 2.05) is 13.0 Å². The zero-order valence-corrected chi connectivity index (χ0v) is 8.14. The SMILES string of the molecule is CCOC(=O)/C1=C/CCCNCC1. The van der Waals surface area contributed by atoms with Gasteiger partial charge in [0.05, 0.1) is 6.61 Å². The Morgan fingerprint density at radius 1 is 1.62 bits per heavy atom. The molecule has 1 aliphatic rings. The van der Waals surface area contributed by atoms with Gasteiger partial charge in [-0.2, -0.15) is 0 Å². The Kier molecular flexibility index (Phi) is 4.54. The lowest BCUT2D eigenvalue weighted by atomic mass is 10.1. The highest BCUT2D eigenvalue weighted by atomic mass is 16.5. The van der Waals surface area contributed by atoms with Crippen molar-refractivity contribution in [1.29, 1.82) is 0 Å². The van der Waals surface area contributed by atoms with E-state index in [1.165, 1.54) is 0 Å². The van der Waals surface area contributed by atoms with Crippen molar-refractivity contribution < 1.29 is 9.53 Å². The monoisotopic (exact) mass is 183 g/mol. The van der Waals surface area contributed by atoms with Crippen molar-refractivity contribution >= 4 is 5.97 Å². The van der Waals surface area contributed by atoms with Gasteiger partial charge in [0.1, 0.15) is 0 Å². The van der Waals surface area contributed by atoms with Gasteiger partial charge in [-0.1, -0.05) is 6.08 Å². The number of nitrogens with one attached hydrogen (secondary N) is 1. The highest BCUT2D eigenvalue weighted by molar-refractivity contribution is 5.88. The summed E-state index contributed by atoms with van der Waals surface area (Å²) in [7, 11) is 0. The van der Waals surface area contributed by atoms with Gasteiger partial charge in [0.15, 0.2) is 0 Å². The second kappa shape index (κ2) is 5.75. The average Bonchev–Trinajstić information content (AvgIpc) is 2.03. The molecule has 0 saturated heterocycles. The second-order valence-electron chi connectivity index (χ2n) is 3.09. The van der Waals surface area contributed by atoms with E-state index in [4.69, 9.17) is 4.74 Å². The second-order valence-corrected chi connectivity index (χ2v) is 3.09. The maximum atomic E-state index is 11.3. The van der Waals surface area contributed by atoms with Gasteiger partial charge in [0, 0.05) is 5.57 Å². The molecular weight excluding hydrogens is 166 g/mol. The van der Waals surface area contributed by atoms with Gasteiger partial charge in [-0.25, -0.2) is 4.79 Å². The number of ether oxygens (including phenoxy) is 1.